The maximum atomic E-state index is 6.43. The third-order valence-corrected chi connectivity index (χ3v) is 11.0. The van der Waals surface area contributed by atoms with Crippen molar-refractivity contribution in [3.05, 3.63) is 182 Å². The summed E-state index contributed by atoms with van der Waals surface area (Å²) >= 11 is 0. The molecule has 0 unspecified atom stereocenters. The van der Waals surface area contributed by atoms with Gasteiger partial charge in [-0.3, -0.25) is 4.57 Å². The lowest BCUT2D eigenvalue weighted by Gasteiger charge is -2.15. The minimum atomic E-state index is 0.537. The van der Waals surface area contributed by atoms with Crippen LogP contribution in [0.4, 0.5) is 0 Å². The molecule has 0 fully saturated rings. The van der Waals surface area contributed by atoms with Crippen LogP contribution in [0.1, 0.15) is 0 Å². The normalized spacial score (nSPS) is 11.9. The van der Waals surface area contributed by atoms with Crippen molar-refractivity contribution in [2.45, 2.75) is 0 Å². The van der Waals surface area contributed by atoms with Gasteiger partial charge in [-0.25, -0.2) is 9.97 Å². The zero-order valence-electron chi connectivity index (χ0n) is 30.4. The van der Waals surface area contributed by atoms with Crippen LogP contribution < -0.4 is 0 Å². The second-order valence-electron chi connectivity index (χ2n) is 14.3. The molecule has 8 aromatic carbocycles. The molecule has 7 nitrogen and oxygen atoms in total. The minimum Gasteiger partial charge on any atom is -0.436 e. The number of hydrogen-bond donors (Lipinski definition) is 0. The van der Waals surface area contributed by atoms with Gasteiger partial charge in [0.05, 0.1) is 33.3 Å². The molecule has 0 bridgehead atoms. The molecule has 0 amide bonds. The molecule has 12 aromatic rings. The van der Waals surface area contributed by atoms with E-state index in [1.54, 1.807) is 0 Å². The molecule has 0 aliphatic carbocycles. The van der Waals surface area contributed by atoms with Crippen molar-refractivity contribution >= 4 is 65.5 Å². The van der Waals surface area contributed by atoms with Crippen LogP contribution in [0, 0.1) is 0 Å². The first-order chi connectivity index (χ1) is 28.3. The van der Waals surface area contributed by atoms with Gasteiger partial charge in [0.25, 0.3) is 0 Å². The predicted molar refractivity (Wildman–Crippen MR) is 230 cm³/mol. The second-order valence-corrected chi connectivity index (χ2v) is 14.3. The molecule has 0 aliphatic rings. The van der Waals surface area contributed by atoms with E-state index in [1.165, 1.54) is 0 Å². The van der Waals surface area contributed by atoms with Gasteiger partial charge < -0.3 is 8.98 Å². The van der Waals surface area contributed by atoms with Crippen LogP contribution >= 0.6 is 0 Å². The summed E-state index contributed by atoms with van der Waals surface area (Å²) in [4.78, 5) is 20.7. The summed E-state index contributed by atoms with van der Waals surface area (Å²) in [7, 11) is 0. The molecule has 4 heterocycles. The van der Waals surface area contributed by atoms with E-state index in [2.05, 4.69) is 130 Å². The molecule has 0 N–H and O–H groups in total. The van der Waals surface area contributed by atoms with Crippen LogP contribution in [0.3, 0.4) is 0 Å². The average Bonchev–Trinajstić information content (AvgIpc) is 3.97. The number of benzene rings is 8. The Kier molecular flexibility index (Phi) is 6.79. The number of nitrogens with zero attached hydrogens (tertiary/aromatic N) is 6. The lowest BCUT2D eigenvalue weighted by Crippen LogP contribution is -2.07. The van der Waals surface area contributed by atoms with Crippen LogP contribution in [0.25, 0.3) is 111 Å². The molecular formula is C50H30N6O. The zero-order chi connectivity index (χ0) is 37.5. The van der Waals surface area contributed by atoms with Crippen molar-refractivity contribution < 1.29 is 4.42 Å². The third-order valence-electron chi connectivity index (χ3n) is 11.0. The lowest BCUT2D eigenvalue weighted by molar-refractivity contribution is 0.619. The lowest BCUT2D eigenvalue weighted by atomic mass is 10.1. The van der Waals surface area contributed by atoms with Gasteiger partial charge >= 0.3 is 0 Å². The molecule has 0 radical (unpaired) electrons. The highest BCUT2D eigenvalue weighted by Gasteiger charge is 2.25. The second kappa shape index (κ2) is 12.3. The fourth-order valence-corrected chi connectivity index (χ4v) is 8.43. The van der Waals surface area contributed by atoms with Crippen LogP contribution in [0.5, 0.6) is 0 Å². The van der Waals surface area contributed by atoms with E-state index in [0.717, 1.165) is 87.9 Å². The summed E-state index contributed by atoms with van der Waals surface area (Å²) < 4.78 is 11.0. The van der Waals surface area contributed by atoms with Crippen LogP contribution in [0.15, 0.2) is 186 Å². The van der Waals surface area contributed by atoms with Crippen LogP contribution in [-0.4, -0.2) is 29.1 Å². The number of hydrogen-bond acceptors (Lipinski definition) is 5. The Morgan fingerprint density at radius 1 is 0.404 bits per heavy atom. The Labute approximate surface area is 325 Å². The summed E-state index contributed by atoms with van der Waals surface area (Å²) in [5.74, 6) is 2.30. The highest BCUT2D eigenvalue weighted by molar-refractivity contribution is 6.24. The average molecular weight is 731 g/mol. The third kappa shape index (κ3) is 4.86. The Morgan fingerprint density at radius 3 is 1.81 bits per heavy atom. The highest BCUT2D eigenvalue weighted by Crippen LogP contribution is 2.43. The summed E-state index contributed by atoms with van der Waals surface area (Å²) in [6.45, 7) is 0. The van der Waals surface area contributed by atoms with Gasteiger partial charge in [0.15, 0.2) is 17.2 Å². The minimum absolute atomic E-state index is 0.537. The molecular weight excluding hydrogens is 701 g/mol. The molecule has 0 atom stereocenters. The maximum absolute atomic E-state index is 6.43. The molecule has 7 heteroatoms. The number of para-hydroxylation sites is 5. The summed E-state index contributed by atoms with van der Waals surface area (Å²) in [5.41, 5.74) is 9.33. The van der Waals surface area contributed by atoms with Crippen molar-refractivity contribution in [1.82, 2.24) is 29.1 Å². The Hall–Kier alpha value is -7.90. The molecule has 266 valence electrons. The summed E-state index contributed by atoms with van der Waals surface area (Å²) in [6, 6.07) is 62.8. The standard InChI is InChI=1S/C50H30N6O/c1-2-15-32(16-3-1)47-52-48(34-27-26-31-14-4-5-17-33(31)30-34)54-50(53-47)56-42-23-11-7-19-36(42)38-29-28-37-35-18-6-10-22-41(35)55(45(37)46(38)56)43-24-12-8-20-39(43)49-51-40-21-9-13-25-44(40)57-49/h1-30H. The van der Waals surface area contributed by atoms with E-state index >= 15 is 0 Å². The van der Waals surface area contributed by atoms with Gasteiger partial charge in [0.2, 0.25) is 11.8 Å². The first-order valence-corrected chi connectivity index (χ1v) is 19.0. The van der Waals surface area contributed by atoms with Crippen molar-refractivity contribution in [3.63, 3.8) is 0 Å². The first-order valence-electron chi connectivity index (χ1n) is 19.0. The molecule has 57 heavy (non-hydrogen) atoms. The zero-order valence-corrected chi connectivity index (χ0v) is 30.4. The number of fused-ring (bicyclic) bond motifs is 9. The molecule has 4 aromatic heterocycles. The van der Waals surface area contributed by atoms with E-state index in [1.807, 2.05) is 60.7 Å². The monoisotopic (exact) mass is 730 g/mol. The molecule has 12 rings (SSSR count). The van der Waals surface area contributed by atoms with Gasteiger partial charge in [-0.2, -0.15) is 9.97 Å². The maximum Gasteiger partial charge on any atom is 0.238 e. The quantitative estimate of drug-likeness (QED) is 0.176. The van der Waals surface area contributed by atoms with Gasteiger partial charge in [-0.05, 0) is 53.2 Å². The number of oxazole rings is 1. The van der Waals surface area contributed by atoms with Gasteiger partial charge in [-0.15, -0.1) is 0 Å². The first kappa shape index (κ1) is 31.5. The summed E-state index contributed by atoms with van der Waals surface area (Å²) in [5, 5.41) is 6.73. The molecule has 0 spiro atoms. The Bertz CT molecular complexity index is 3510. The number of rotatable bonds is 5. The van der Waals surface area contributed by atoms with E-state index < -0.39 is 0 Å². The van der Waals surface area contributed by atoms with E-state index in [0.29, 0.717) is 23.5 Å². The van der Waals surface area contributed by atoms with Crippen LogP contribution in [-0.2, 0) is 0 Å². The van der Waals surface area contributed by atoms with Crippen molar-refractivity contribution in [2.75, 3.05) is 0 Å². The number of aromatic nitrogens is 6. The Balaban J connectivity index is 1.21. The smallest absolute Gasteiger partial charge is 0.238 e. The van der Waals surface area contributed by atoms with Gasteiger partial charge in [0, 0.05) is 32.7 Å². The van der Waals surface area contributed by atoms with Gasteiger partial charge in [0.1, 0.15) is 5.52 Å². The van der Waals surface area contributed by atoms with Crippen molar-refractivity contribution in [3.8, 4) is 45.9 Å². The van der Waals surface area contributed by atoms with E-state index in [4.69, 9.17) is 24.4 Å². The van der Waals surface area contributed by atoms with Gasteiger partial charge in [-0.1, -0.05) is 140 Å². The predicted octanol–water partition coefficient (Wildman–Crippen LogP) is 12.4. The van der Waals surface area contributed by atoms with E-state index in [9.17, 15) is 0 Å². The van der Waals surface area contributed by atoms with Crippen molar-refractivity contribution in [1.29, 1.82) is 0 Å². The highest BCUT2D eigenvalue weighted by atomic mass is 16.3. The fraction of sp³-hybridized carbons (Fsp3) is 0. The fourth-order valence-electron chi connectivity index (χ4n) is 8.43. The molecule has 0 saturated heterocycles. The topological polar surface area (TPSA) is 74.6 Å². The SMILES string of the molecule is c1ccc(-c2nc(-c3ccc4ccccc4c3)nc(-n3c4ccccc4c4ccc5c6ccccc6n(-c6ccccc6-c6nc7ccccc7o6)c5c43)n2)cc1. The molecule has 0 aliphatic heterocycles. The van der Waals surface area contributed by atoms with Crippen LogP contribution in [0.2, 0.25) is 0 Å². The summed E-state index contributed by atoms with van der Waals surface area (Å²) in [6.07, 6.45) is 0. The largest absolute Gasteiger partial charge is 0.436 e. The van der Waals surface area contributed by atoms with E-state index in [-0.39, 0.29) is 0 Å². The molecule has 0 saturated carbocycles. The Morgan fingerprint density at radius 2 is 1.02 bits per heavy atom. The van der Waals surface area contributed by atoms with Crippen molar-refractivity contribution in [2.24, 2.45) is 0 Å².